The van der Waals surface area contributed by atoms with Gasteiger partial charge in [0, 0.05) is 51.7 Å². The van der Waals surface area contributed by atoms with Crippen LogP contribution in [0.25, 0.3) is 0 Å². The molecule has 140 valence electrons. The molecule has 25 heavy (non-hydrogen) atoms. The van der Waals surface area contributed by atoms with Gasteiger partial charge in [0.25, 0.3) is 0 Å². The molecule has 0 aliphatic carbocycles. The fraction of sp³-hybridized carbons (Fsp3) is 0.722. The first-order valence-electron chi connectivity index (χ1n) is 8.89. The summed E-state index contributed by atoms with van der Waals surface area (Å²) in [5.41, 5.74) is 3.36. The molecular formula is C18H30N4O3. The third-order valence-corrected chi connectivity index (χ3v) is 5.25. The maximum atomic E-state index is 12.3. The van der Waals surface area contributed by atoms with E-state index in [0.717, 1.165) is 17.8 Å². The lowest BCUT2D eigenvalue weighted by molar-refractivity contribution is -0.135. The Morgan fingerprint density at radius 2 is 2.04 bits per heavy atom. The monoisotopic (exact) mass is 350 g/mol. The molecule has 0 aromatic carbocycles. The average Bonchev–Trinajstić information content (AvgIpc) is 2.82. The molecule has 1 N–H and O–H groups in total. The zero-order valence-corrected chi connectivity index (χ0v) is 16.0. The Bertz CT molecular complexity index is 626. The minimum Gasteiger partial charge on any atom is -0.381 e. The van der Waals surface area contributed by atoms with Gasteiger partial charge in [-0.25, -0.2) is 0 Å². The van der Waals surface area contributed by atoms with Crippen molar-refractivity contribution in [3.8, 4) is 0 Å². The normalized spacial score (nSPS) is 20.6. The summed E-state index contributed by atoms with van der Waals surface area (Å²) in [4.78, 5) is 25.7. The number of rotatable bonds is 6. The van der Waals surface area contributed by atoms with Crippen LogP contribution in [0.5, 0.6) is 0 Å². The third kappa shape index (κ3) is 4.81. The van der Waals surface area contributed by atoms with E-state index in [1.165, 1.54) is 5.56 Å². The third-order valence-electron chi connectivity index (χ3n) is 5.25. The van der Waals surface area contributed by atoms with E-state index in [1.54, 1.807) is 18.9 Å². The van der Waals surface area contributed by atoms with Crippen molar-refractivity contribution < 1.29 is 14.3 Å². The fourth-order valence-corrected chi connectivity index (χ4v) is 3.42. The number of amides is 2. The topological polar surface area (TPSA) is 76.5 Å². The highest BCUT2D eigenvalue weighted by Gasteiger charge is 2.31. The molecule has 1 aromatic heterocycles. The SMILES string of the molecule is CO[C@@H]1CCN(C(C)=O)C[C@H]1CC(=O)NCCn1nc(C)c(C)c1C. The van der Waals surface area contributed by atoms with E-state index >= 15 is 0 Å². The Morgan fingerprint density at radius 1 is 1.32 bits per heavy atom. The summed E-state index contributed by atoms with van der Waals surface area (Å²) in [6, 6.07) is 0. The van der Waals surface area contributed by atoms with E-state index < -0.39 is 0 Å². The standard InChI is InChI=1S/C18H30N4O3/c1-12-13(2)20-22(14(12)3)9-7-19-18(24)10-16-11-21(15(4)23)8-6-17(16)25-5/h16-17H,6-11H2,1-5H3,(H,19,24)/t16-,17-/m1/s1. The molecule has 1 aliphatic heterocycles. The number of nitrogens with one attached hydrogen (secondary N) is 1. The number of carbonyl (C=O) groups is 2. The van der Waals surface area contributed by atoms with E-state index in [0.29, 0.717) is 32.6 Å². The Morgan fingerprint density at radius 3 is 2.60 bits per heavy atom. The number of hydrogen-bond acceptors (Lipinski definition) is 4. The van der Waals surface area contributed by atoms with Crippen molar-refractivity contribution in [3.63, 3.8) is 0 Å². The molecule has 0 saturated carbocycles. The number of piperidine rings is 1. The van der Waals surface area contributed by atoms with Gasteiger partial charge in [-0.05, 0) is 32.8 Å². The van der Waals surface area contributed by atoms with Crippen LogP contribution in [-0.4, -0.2) is 59.3 Å². The second kappa shape index (κ2) is 8.47. The molecule has 0 radical (unpaired) electrons. The van der Waals surface area contributed by atoms with Gasteiger partial charge in [0.15, 0.2) is 0 Å². The van der Waals surface area contributed by atoms with Crippen LogP contribution in [0.15, 0.2) is 0 Å². The molecule has 2 amide bonds. The molecule has 1 fully saturated rings. The van der Waals surface area contributed by atoms with Crippen LogP contribution in [0, 0.1) is 26.7 Å². The first-order valence-corrected chi connectivity index (χ1v) is 8.89. The number of aryl methyl sites for hydroxylation is 1. The Balaban J connectivity index is 1.83. The van der Waals surface area contributed by atoms with Gasteiger partial charge in [0.1, 0.15) is 0 Å². The highest BCUT2D eigenvalue weighted by molar-refractivity contribution is 5.76. The average molecular weight is 350 g/mol. The molecule has 0 unspecified atom stereocenters. The largest absolute Gasteiger partial charge is 0.381 e. The van der Waals surface area contributed by atoms with Gasteiger partial charge in [0.2, 0.25) is 11.8 Å². The summed E-state index contributed by atoms with van der Waals surface area (Å²) in [7, 11) is 1.67. The molecular weight excluding hydrogens is 320 g/mol. The fourth-order valence-electron chi connectivity index (χ4n) is 3.42. The lowest BCUT2D eigenvalue weighted by Gasteiger charge is -2.37. The summed E-state index contributed by atoms with van der Waals surface area (Å²) in [6.07, 6.45) is 1.18. The van der Waals surface area contributed by atoms with E-state index in [4.69, 9.17) is 4.74 Å². The Labute approximate surface area is 149 Å². The van der Waals surface area contributed by atoms with E-state index in [9.17, 15) is 9.59 Å². The second-order valence-corrected chi connectivity index (χ2v) is 6.86. The summed E-state index contributed by atoms with van der Waals surface area (Å²) >= 11 is 0. The van der Waals surface area contributed by atoms with Gasteiger partial charge < -0.3 is 15.0 Å². The molecule has 1 aromatic rings. The number of carbonyl (C=O) groups excluding carboxylic acids is 2. The van der Waals surface area contributed by atoms with Crippen molar-refractivity contribution in [1.82, 2.24) is 20.0 Å². The van der Waals surface area contributed by atoms with Crippen molar-refractivity contribution in [3.05, 3.63) is 17.0 Å². The highest BCUT2D eigenvalue weighted by atomic mass is 16.5. The van der Waals surface area contributed by atoms with Crippen LogP contribution >= 0.6 is 0 Å². The molecule has 1 aliphatic rings. The second-order valence-electron chi connectivity index (χ2n) is 6.86. The van der Waals surface area contributed by atoms with Crippen molar-refractivity contribution in [2.45, 2.75) is 53.2 Å². The zero-order valence-electron chi connectivity index (χ0n) is 16.0. The van der Waals surface area contributed by atoms with Crippen LogP contribution in [0.1, 0.15) is 36.7 Å². The summed E-state index contributed by atoms with van der Waals surface area (Å²) < 4.78 is 7.44. The Kier molecular flexibility index (Phi) is 6.58. The molecule has 7 heteroatoms. The zero-order chi connectivity index (χ0) is 18.6. The van der Waals surface area contributed by atoms with Crippen LogP contribution in [-0.2, 0) is 20.9 Å². The number of aromatic nitrogens is 2. The predicted octanol–water partition coefficient (Wildman–Crippen LogP) is 1.20. The van der Waals surface area contributed by atoms with Crippen molar-refractivity contribution >= 4 is 11.8 Å². The van der Waals surface area contributed by atoms with Crippen molar-refractivity contribution in [2.75, 3.05) is 26.7 Å². The minimum absolute atomic E-state index is 0.00398. The van der Waals surface area contributed by atoms with Crippen LogP contribution < -0.4 is 5.32 Å². The molecule has 0 bridgehead atoms. The molecule has 0 spiro atoms. The van der Waals surface area contributed by atoms with Crippen molar-refractivity contribution in [2.24, 2.45) is 5.92 Å². The van der Waals surface area contributed by atoms with Crippen LogP contribution in [0.3, 0.4) is 0 Å². The maximum absolute atomic E-state index is 12.3. The molecule has 2 atom stereocenters. The van der Waals surface area contributed by atoms with E-state index in [2.05, 4.69) is 17.3 Å². The first kappa shape index (κ1) is 19.4. The van der Waals surface area contributed by atoms with Crippen LogP contribution in [0.4, 0.5) is 0 Å². The number of ether oxygens (including phenoxy) is 1. The summed E-state index contributed by atoms with van der Waals surface area (Å²) in [6.45, 7) is 10.1. The maximum Gasteiger partial charge on any atom is 0.220 e. The lowest BCUT2D eigenvalue weighted by atomic mass is 9.91. The van der Waals surface area contributed by atoms with Gasteiger partial charge in [-0.15, -0.1) is 0 Å². The smallest absolute Gasteiger partial charge is 0.220 e. The molecule has 2 rings (SSSR count). The predicted molar refractivity (Wildman–Crippen MR) is 95.2 cm³/mol. The van der Waals surface area contributed by atoms with Crippen LogP contribution in [0.2, 0.25) is 0 Å². The number of methoxy groups -OCH3 is 1. The molecule has 7 nitrogen and oxygen atoms in total. The van der Waals surface area contributed by atoms with Gasteiger partial charge in [0.05, 0.1) is 18.3 Å². The van der Waals surface area contributed by atoms with E-state index in [1.807, 2.05) is 18.5 Å². The van der Waals surface area contributed by atoms with Gasteiger partial charge in [-0.2, -0.15) is 5.10 Å². The quantitative estimate of drug-likeness (QED) is 0.836. The lowest BCUT2D eigenvalue weighted by Crippen LogP contribution is -2.47. The van der Waals surface area contributed by atoms with Gasteiger partial charge >= 0.3 is 0 Å². The van der Waals surface area contributed by atoms with E-state index in [-0.39, 0.29) is 23.8 Å². The van der Waals surface area contributed by atoms with Crippen molar-refractivity contribution in [1.29, 1.82) is 0 Å². The van der Waals surface area contributed by atoms with Gasteiger partial charge in [-0.3, -0.25) is 14.3 Å². The number of likely N-dealkylation sites (tertiary alicyclic amines) is 1. The Hall–Kier alpha value is -1.89. The summed E-state index contributed by atoms with van der Waals surface area (Å²) in [5.74, 6) is 0.0918. The molecule has 1 saturated heterocycles. The highest BCUT2D eigenvalue weighted by Crippen LogP contribution is 2.22. The number of hydrogen-bond donors (Lipinski definition) is 1. The number of nitrogens with zero attached hydrogens (tertiary/aromatic N) is 3. The minimum atomic E-state index is -0.00398. The first-order chi connectivity index (χ1) is 11.8. The molecule has 2 heterocycles. The van der Waals surface area contributed by atoms with Gasteiger partial charge in [-0.1, -0.05) is 0 Å². The summed E-state index contributed by atoms with van der Waals surface area (Å²) in [5, 5.41) is 7.44.